The summed E-state index contributed by atoms with van der Waals surface area (Å²) < 4.78 is 19.4. The molecule has 0 atom stereocenters. The van der Waals surface area contributed by atoms with Gasteiger partial charge in [0.15, 0.2) is 0 Å². The molecule has 300 valence electrons. The van der Waals surface area contributed by atoms with E-state index in [-0.39, 0.29) is 0 Å². The van der Waals surface area contributed by atoms with Gasteiger partial charge in [-0.3, -0.25) is 0 Å². The quantitative estimate of drug-likeness (QED) is 0.136. The maximum atomic E-state index is 6.47. The standard InChI is InChI=1S/C57H54O3/c1-7-28-58-55-37-52-34-50-32-47(26-23-44-18-12-41(5)13-19-44)57(60-30-9-3)39-54(50)36-51-33-48(27-24-45-20-14-42(6)15-21-45)56(59-29-8-2)38-53(51)35-49(52)31-46(55)25-22-43-16-10-40(4)11-17-43/h10-21,31-33,37-39H,7-9,28-30,34-36H2,1-6H3. The molecule has 0 saturated heterocycles. The molecule has 3 nitrogen and oxygen atoms in total. The molecule has 0 aromatic heterocycles. The summed E-state index contributed by atoms with van der Waals surface area (Å²) >= 11 is 0. The van der Waals surface area contributed by atoms with Crippen LogP contribution in [-0.2, 0) is 19.3 Å². The highest BCUT2D eigenvalue weighted by Crippen LogP contribution is 2.36. The molecule has 0 unspecified atom stereocenters. The van der Waals surface area contributed by atoms with Gasteiger partial charge in [0.2, 0.25) is 0 Å². The largest absolute Gasteiger partial charge is 0.492 e. The van der Waals surface area contributed by atoms with Crippen LogP contribution in [0.15, 0.2) is 109 Å². The normalized spacial score (nSPS) is 11.3. The van der Waals surface area contributed by atoms with Crippen molar-refractivity contribution in [2.45, 2.75) is 80.1 Å². The predicted molar refractivity (Wildman–Crippen MR) is 247 cm³/mol. The highest BCUT2D eigenvalue weighted by Gasteiger charge is 2.21. The number of aryl methyl sites for hydroxylation is 3. The Kier molecular flexibility index (Phi) is 13.8. The van der Waals surface area contributed by atoms with Crippen molar-refractivity contribution in [3.8, 4) is 52.8 Å². The minimum absolute atomic E-state index is 0.610. The van der Waals surface area contributed by atoms with Crippen molar-refractivity contribution in [3.05, 3.63) is 193 Å². The Labute approximate surface area is 358 Å². The lowest BCUT2D eigenvalue weighted by atomic mass is 9.92. The second kappa shape index (κ2) is 19.9. The number of fused-ring (bicyclic) bond motifs is 3. The van der Waals surface area contributed by atoms with Crippen molar-refractivity contribution in [2.75, 3.05) is 19.8 Å². The zero-order valence-electron chi connectivity index (χ0n) is 36.0. The summed E-state index contributed by atoms with van der Waals surface area (Å²) in [7, 11) is 0. The number of rotatable bonds is 9. The van der Waals surface area contributed by atoms with E-state index in [0.29, 0.717) is 39.1 Å². The summed E-state index contributed by atoms with van der Waals surface area (Å²) in [5.74, 6) is 23.2. The van der Waals surface area contributed by atoms with Crippen LogP contribution in [0.1, 0.15) is 123 Å². The van der Waals surface area contributed by atoms with Gasteiger partial charge in [-0.25, -0.2) is 0 Å². The van der Waals surface area contributed by atoms with Crippen LogP contribution in [0.3, 0.4) is 0 Å². The first kappa shape index (κ1) is 41.6. The molecule has 0 heterocycles. The van der Waals surface area contributed by atoms with Gasteiger partial charge in [-0.2, -0.15) is 0 Å². The third-order valence-corrected chi connectivity index (χ3v) is 10.6. The van der Waals surface area contributed by atoms with Crippen molar-refractivity contribution >= 4 is 0 Å². The molecule has 0 radical (unpaired) electrons. The molecule has 0 amide bonds. The van der Waals surface area contributed by atoms with Gasteiger partial charge < -0.3 is 14.2 Å². The van der Waals surface area contributed by atoms with Gasteiger partial charge in [0, 0.05) is 16.7 Å². The minimum atomic E-state index is 0.610. The molecule has 0 bridgehead atoms. The van der Waals surface area contributed by atoms with Gasteiger partial charge in [-0.15, -0.1) is 0 Å². The molecule has 0 saturated carbocycles. The summed E-state index contributed by atoms with van der Waals surface area (Å²) in [5.41, 5.74) is 16.5. The Morgan fingerprint density at radius 2 is 0.600 bits per heavy atom. The van der Waals surface area contributed by atoms with Crippen LogP contribution < -0.4 is 14.2 Å². The predicted octanol–water partition coefficient (Wildman–Crippen LogP) is 12.3. The highest BCUT2D eigenvalue weighted by molar-refractivity contribution is 5.62. The lowest BCUT2D eigenvalue weighted by Gasteiger charge is -2.17. The molecule has 3 heteroatoms. The van der Waals surface area contributed by atoms with E-state index in [0.717, 1.165) is 69.9 Å². The Morgan fingerprint density at radius 3 is 0.850 bits per heavy atom. The number of benzene rings is 6. The molecule has 1 aliphatic carbocycles. The van der Waals surface area contributed by atoms with Crippen molar-refractivity contribution in [3.63, 3.8) is 0 Å². The van der Waals surface area contributed by atoms with Crippen LogP contribution in [0.5, 0.6) is 17.2 Å². The van der Waals surface area contributed by atoms with Crippen molar-refractivity contribution in [1.82, 2.24) is 0 Å². The minimum Gasteiger partial charge on any atom is -0.492 e. The lowest BCUT2D eigenvalue weighted by molar-refractivity contribution is 0.316. The van der Waals surface area contributed by atoms with E-state index < -0.39 is 0 Å². The molecule has 0 aliphatic heterocycles. The first-order valence-corrected chi connectivity index (χ1v) is 21.4. The van der Waals surface area contributed by atoms with E-state index >= 15 is 0 Å². The topological polar surface area (TPSA) is 27.7 Å². The first-order chi connectivity index (χ1) is 29.3. The van der Waals surface area contributed by atoms with Crippen molar-refractivity contribution in [1.29, 1.82) is 0 Å². The van der Waals surface area contributed by atoms with Gasteiger partial charge in [0.05, 0.1) is 36.5 Å². The average molecular weight is 787 g/mol. The smallest absolute Gasteiger partial charge is 0.135 e. The van der Waals surface area contributed by atoms with Gasteiger partial charge in [0.1, 0.15) is 17.2 Å². The molecule has 0 N–H and O–H groups in total. The molecule has 1 aliphatic rings. The maximum Gasteiger partial charge on any atom is 0.135 e. The third-order valence-electron chi connectivity index (χ3n) is 10.6. The van der Waals surface area contributed by atoms with Crippen LogP contribution in [0, 0.1) is 56.3 Å². The van der Waals surface area contributed by atoms with E-state index in [1.54, 1.807) is 0 Å². The van der Waals surface area contributed by atoms with Gasteiger partial charge in [-0.1, -0.05) is 109 Å². The summed E-state index contributed by atoms with van der Waals surface area (Å²) in [6, 6.07) is 38.5. The van der Waals surface area contributed by atoms with Gasteiger partial charge in [-0.05, 0) is 165 Å². The molecular formula is C57H54O3. The molecule has 0 fully saturated rings. The van der Waals surface area contributed by atoms with Crippen LogP contribution in [0.2, 0.25) is 0 Å². The van der Waals surface area contributed by atoms with E-state index in [4.69, 9.17) is 14.2 Å². The van der Waals surface area contributed by atoms with Gasteiger partial charge >= 0.3 is 0 Å². The second-order valence-electron chi connectivity index (χ2n) is 15.8. The molecule has 6 aromatic carbocycles. The van der Waals surface area contributed by atoms with E-state index in [2.05, 4.69) is 186 Å². The maximum absolute atomic E-state index is 6.47. The highest BCUT2D eigenvalue weighted by atomic mass is 16.5. The fourth-order valence-corrected chi connectivity index (χ4v) is 7.22. The molecule has 0 spiro atoms. The Bertz CT molecular complexity index is 2350. The zero-order valence-corrected chi connectivity index (χ0v) is 36.0. The summed E-state index contributed by atoms with van der Waals surface area (Å²) in [6.07, 6.45) is 4.82. The van der Waals surface area contributed by atoms with Crippen LogP contribution >= 0.6 is 0 Å². The Balaban J connectivity index is 1.43. The monoisotopic (exact) mass is 786 g/mol. The van der Waals surface area contributed by atoms with Crippen LogP contribution in [0.25, 0.3) is 0 Å². The van der Waals surface area contributed by atoms with E-state index in [9.17, 15) is 0 Å². The second-order valence-corrected chi connectivity index (χ2v) is 15.8. The fraction of sp³-hybridized carbons (Fsp3) is 0.263. The van der Waals surface area contributed by atoms with E-state index in [1.807, 2.05) is 0 Å². The summed E-state index contributed by atoms with van der Waals surface area (Å²) in [4.78, 5) is 0. The SMILES string of the molecule is CCCOc1cc2c(cc1C#Cc1ccc(C)cc1)Cc1cc(OCCC)c(C#Cc3ccc(C)cc3)cc1Cc1cc(OCCC)c(C#Cc3ccc(C)cc3)cc1C2. The lowest BCUT2D eigenvalue weighted by Crippen LogP contribution is -2.05. The van der Waals surface area contributed by atoms with E-state index in [1.165, 1.54) is 50.1 Å². The molecule has 6 aromatic rings. The molecular weight excluding hydrogens is 733 g/mol. The van der Waals surface area contributed by atoms with Crippen molar-refractivity contribution in [2.24, 2.45) is 0 Å². The fourth-order valence-electron chi connectivity index (χ4n) is 7.22. The van der Waals surface area contributed by atoms with Gasteiger partial charge in [0.25, 0.3) is 0 Å². The number of hydrogen-bond acceptors (Lipinski definition) is 3. The Morgan fingerprint density at radius 1 is 0.350 bits per heavy atom. The summed E-state index contributed by atoms with van der Waals surface area (Å²) in [5, 5.41) is 0. The zero-order chi connectivity index (χ0) is 41.8. The van der Waals surface area contributed by atoms with Crippen LogP contribution in [0.4, 0.5) is 0 Å². The average Bonchev–Trinajstić information content (AvgIpc) is 3.31. The number of ether oxygens (including phenoxy) is 3. The Hall–Kier alpha value is -6.60. The molecule has 7 rings (SSSR count). The van der Waals surface area contributed by atoms with Crippen LogP contribution in [-0.4, -0.2) is 19.8 Å². The third kappa shape index (κ3) is 10.7. The number of hydrogen-bond donors (Lipinski definition) is 0. The molecule has 60 heavy (non-hydrogen) atoms. The first-order valence-electron chi connectivity index (χ1n) is 21.4. The summed E-state index contributed by atoms with van der Waals surface area (Å²) in [6.45, 7) is 14.5. The van der Waals surface area contributed by atoms with Crippen molar-refractivity contribution < 1.29 is 14.2 Å².